The first kappa shape index (κ1) is 5.69. The maximum absolute atomic E-state index is 10.1. The Labute approximate surface area is 40.6 Å². The summed E-state index contributed by atoms with van der Waals surface area (Å²) in [4.78, 5) is 10.1. The van der Waals surface area contributed by atoms with Crippen molar-refractivity contribution in [2.24, 2.45) is 0 Å². The molecule has 0 bridgehead atoms. The van der Waals surface area contributed by atoms with Crippen LogP contribution in [0, 0.1) is 0 Å². The van der Waals surface area contributed by atoms with Gasteiger partial charge in [0.2, 0.25) is 5.91 Å². The molecular weight excluding hydrogens is 94.1 g/mol. The van der Waals surface area contributed by atoms with E-state index in [0.29, 0.717) is 0 Å². The van der Waals surface area contributed by atoms with Crippen molar-refractivity contribution < 1.29 is 4.79 Å². The Morgan fingerprint density at radius 2 is 2.00 bits per heavy atom. The van der Waals surface area contributed by atoms with Crippen LogP contribution >= 0.6 is 0 Å². The summed E-state index contributed by atoms with van der Waals surface area (Å²) >= 11 is 0. The molecule has 0 aromatic carbocycles. The first-order valence-corrected chi connectivity index (χ1v) is 2.32. The number of nitrogens with zero attached hydrogens (tertiary/aromatic N) is 1. The maximum Gasteiger partial charge on any atom is 0.210 e. The lowest BCUT2D eigenvalue weighted by atomic mass is 10.7. The maximum atomic E-state index is 10.1. The molecule has 0 atom stereocenters. The first-order chi connectivity index (χ1) is 2.64. The lowest BCUT2D eigenvalue weighted by molar-refractivity contribution is -0.123. The van der Waals surface area contributed by atoms with Gasteiger partial charge in [-0.1, -0.05) is 0 Å². The van der Waals surface area contributed by atoms with E-state index < -0.39 is 0 Å². The molecule has 0 aliphatic heterocycles. The highest BCUT2D eigenvalue weighted by atomic mass is 28.2. The molecule has 0 saturated carbocycles. The predicted molar refractivity (Wildman–Crippen MR) is 27.0 cm³/mol. The van der Waals surface area contributed by atoms with Crippen molar-refractivity contribution in [3.8, 4) is 0 Å². The van der Waals surface area contributed by atoms with Crippen LogP contribution in [0.15, 0.2) is 0 Å². The topological polar surface area (TPSA) is 20.3 Å². The Hall–Kier alpha value is -0.313. The molecule has 0 rings (SSSR count). The van der Waals surface area contributed by atoms with Crippen LogP contribution in [-0.4, -0.2) is 27.9 Å². The molecule has 2 nitrogen and oxygen atoms in total. The first-order valence-electron chi connectivity index (χ1n) is 1.69. The zero-order chi connectivity index (χ0) is 5.15. The highest BCUT2D eigenvalue weighted by Gasteiger charge is 1.87. The third-order valence-electron chi connectivity index (χ3n) is 0.538. The fraction of sp³-hybridized carbons (Fsp3) is 0.667. The van der Waals surface area contributed by atoms with Crippen LogP contribution in [0.1, 0.15) is 6.92 Å². The van der Waals surface area contributed by atoms with E-state index in [1.165, 1.54) is 6.92 Å². The standard InChI is InChI=1S/C3H8NOSi/c1-3(5)4(2)6/h6H2,1-2H3. The summed E-state index contributed by atoms with van der Waals surface area (Å²) in [5.74, 6) is 0.105. The number of carbonyl (C=O) groups excluding carboxylic acids is 1. The van der Waals surface area contributed by atoms with E-state index in [1.807, 2.05) is 0 Å². The summed E-state index contributed by atoms with van der Waals surface area (Å²) in [6.45, 7) is 1.53. The van der Waals surface area contributed by atoms with Crippen LogP contribution < -0.4 is 0 Å². The summed E-state index contributed by atoms with van der Waals surface area (Å²) in [6.07, 6.45) is 0. The highest BCUT2D eigenvalue weighted by molar-refractivity contribution is 6.13. The smallest absolute Gasteiger partial charge is 0.210 e. The van der Waals surface area contributed by atoms with Crippen molar-refractivity contribution in [2.75, 3.05) is 7.05 Å². The van der Waals surface area contributed by atoms with Crippen LogP contribution in [0.2, 0.25) is 0 Å². The van der Waals surface area contributed by atoms with Crippen LogP contribution in [0.25, 0.3) is 0 Å². The summed E-state index contributed by atoms with van der Waals surface area (Å²) in [5.41, 5.74) is 0. The Balaban J connectivity index is 3.26. The van der Waals surface area contributed by atoms with Crippen LogP contribution in [-0.2, 0) is 4.79 Å². The van der Waals surface area contributed by atoms with E-state index in [4.69, 9.17) is 0 Å². The average molecular weight is 102 g/mol. The Bertz CT molecular complexity index is 61.8. The number of hydrogen-bond donors (Lipinski definition) is 0. The molecule has 0 heterocycles. The summed E-state index contributed by atoms with van der Waals surface area (Å²) in [5, 5.41) is 0. The van der Waals surface area contributed by atoms with E-state index in [2.05, 4.69) is 0 Å². The van der Waals surface area contributed by atoms with Gasteiger partial charge in [0.1, 0.15) is 10.4 Å². The largest absolute Gasteiger partial charge is 0.379 e. The number of amides is 1. The van der Waals surface area contributed by atoms with E-state index in [0.717, 1.165) is 0 Å². The Morgan fingerprint density at radius 1 is 1.83 bits per heavy atom. The molecule has 6 heavy (non-hydrogen) atoms. The third-order valence-corrected chi connectivity index (χ3v) is 0.983. The normalized spacial score (nSPS) is 7.83. The molecule has 0 spiro atoms. The zero-order valence-electron chi connectivity index (χ0n) is 4.06. The van der Waals surface area contributed by atoms with Crippen molar-refractivity contribution in [3.63, 3.8) is 0 Å². The molecule has 0 aromatic heterocycles. The van der Waals surface area contributed by atoms with Crippen molar-refractivity contribution in [3.05, 3.63) is 0 Å². The second-order valence-electron chi connectivity index (χ2n) is 1.22. The molecule has 0 unspecified atom stereocenters. The van der Waals surface area contributed by atoms with Gasteiger partial charge in [-0.3, -0.25) is 4.79 Å². The lowest BCUT2D eigenvalue weighted by Crippen LogP contribution is -2.19. The van der Waals surface area contributed by atoms with E-state index in [-0.39, 0.29) is 5.91 Å². The monoisotopic (exact) mass is 102 g/mol. The van der Waals surface area contributed by atoms with E-state index >= 15 is 0 Å². The molecule has 35 valence electrons. The van der Waals surface area contributed by atoms with Gasteiger partial charge in [0.05, 0.1) is 0 Å². The van der Waals surface area contributed by atoms with E-state index in [1.54, 1.807) is 22.0 Å². The number of hydrogen-bond acceptors (Lipinski definition) is 1. The second-order valence-corrected chi connectivity index (χ2v) is 2.17. The highest BCUT2D eigenvalue weighted by Crippen LogP contribution is 1.68. The van der Waals surface area contributed by atoms with Crippen molar-refractivity contribution in [2.45, 2.75) is 6.92 Å². The number of carbonyl (C=O) groups is 1. The predicted octanol–water partition coefficient (Wildman–Crippen LogP) is -0.987. The molecular formula is C3H8NOSi. The minimum atomic E-state index is 0.105. The quantitative estimate of drug-likeness (QED) is 0.360. The Morgan fingerprint density at radius 3 is 2.00 bits per heavy atom. The van der Waals surface area contributed by atoms with Gasteiger partial charge in [-0.15, -0.1) is 0 Å². The van der Waals surface area contributed by atoms with Gasteiger partial charge in [-0.05, 0) is 7.05 Å². The van der Waals surface area contributed by atoms with Crippen molar-refractivity contribution in [1.29, 1.82) is 0 Å². The molecule has 0 N–H and O–H groups in total. The summed E-state index contributed by atoms with van der Waals surface area (Å²) in [6, 6.07) is 0. The SMILES string of the molecule is CC(=O)N(C)[SiH2]. The van der Waals surface area contributed by atoms with Crippen LogP contribution in [0.5, 0.6) is 0 Å². The fourth-order valence-corrected chi connectivity index (χ4v) is 0. The minimum absolute atomic E-state index is 0.105. The lowest BCUT2D eigenvalue weighted by Gasteiger charge is -2.02. The third kappa shape index (κ3) is 1.96. The van der Waals surface area contributed by atoms with Crippen molar-refractivity contribution >= 4 is 16.3 Å². The van der Waals surface area contributed by atoms with Crippen LogP contribution in [0.3, 0.4) is 0 Å². The zero-order valence-corrected chi connectivity index (χ0v) is 5.48. The molecule has 0 aliphatic rings. The molecule has 1 radical (unpaired) electrons. The van der Waals surface area contributed by atoms with Gasteiger partial charge in [-0.2, -0.15) is 0 Å². The van der Waals surface area contributed by atoms with Crippen LogP contribution in [0.4, 0.5) is 0 Å². The van der Waals surface area contributed by atoms with E-state index in [9.17, 15) is 4.79 Å². The Kier molecular flexibility index (Phi) is 1.87. The molecule has 0 aromatic rings. The molecule has 1 amide bonds. The van der Waals surface area contributed by atoms with Gasteiger partial charge in [0.15, 0.2) is 0 Å². The van der Waals surface area contributed by atoms with Gasteiger partial charge >= 0.3 is 0 Å². The van der Waals surface area contributed by atoms with Crippen molar-refractivity contribution in [1.82, 2.24) is 4.57 Å². The van der Waals surface area contributed by atoms with Gasteiger partial charge < -0.3 is 4.57 Å². The minimum Gasteiger partial charge on any atom is -0.379 e. The summed E-state index contributed by atoms with van der Waals surface area (Å²) < 4.78 is 1.56. The average Bonchev–Trinajstić information content (AvgIpc) is 1.36. The molecule has 0 saturated heterocycles. The van der Waals surface area contributed by atoms with Gasteiger partial charge in [0.25, 0.3) is 0 Å². The molecule has 0 fully saturated rings. The van der Waals surface area contributed by atoms with Gasteiger partial charge in [0, 0.05) is 6.92 Å². The fourth-order valence-electron chi connectivity index (χ4n) is 0. The number of rotatable bonds is 0. The molecule has 3 heteroatoms. The second kappa shape index (κ2) is 1.97. The molecule has 0 aliphatic carbocycles. The van der Waals surface area contributed by atoms with Gasteiger partial charge in [-0.25, -0.2) is 0 Å². The summed E-state index contributed by atoms with van der Waals surface area (Å²) in [7, 11) is 3.28.